The van der Waals surface area contributed by atoms with Crippen LogP contribution in [0.1, 0.15) is 36.0 Å². The summed E-state index contributed by atoms with van der Waals surface area (Å²) in [6, 6.07) is 13.4. The molecule has 1 atom stereocenters. The maximum atomic E-state index is 13.2. The van der Waals surface area contributed by atoms with Gasteiger partial charge in [0, 0.05) is 30.6 Å². The third-order valence-corrected chi connectivity index (χ3v) is 5.40. The molecule has 1 fully saturated rings. The van der Waals surface area contributed by atoms with Crippen molar-refractivity contribution in [3.05, 3.63) is 82.8 Å². The summed E-state index contributed by atoms with van der Waals surface area (Å²) in [4.78, 5) is 18.8. The molecule has 0 radical (unpaired) electrons. The molecular weight excluding hydrogens is 407 g/mol. The van der Waals surface area contributed by atoms with Gasteiger partial charge in [0.1, 0.15) is 17.3 Å². The number of amides is 1. The number of likely N-dealkylation sites (tertiary alicyclic amines) is 1. The molecule has 1 saturated heterocycles. The van der Waals surface area contributed by atoms with E-state index in [1.165, 1.54) is 12.1 Å². The fourth-order valence-corrected chi connectivity index (χ4v) is 3.72. The summed E-state index contributed by atoms with van der Waals surface area (Å²) in [5, 5.41) is 0.699. The van der Waals surface area contributed by atoms with Crippen LogP contribution in [0.5, 0.6) is 5.75 Å². The quantitative estimate of drug-likeness (QED) is 0.563. The number of oxazole rings is 1. The molecule has 1 aliphatic rings. The zero-order valence-electron chi connectivity index (χ0n) is 16.4. The predicted octanol–water partition coefficient (Wildman–Crippen LogP) is 4.84. The van der Waals surface area contributed by atoms with Gasteiger partial charge < -0.3 is 14.1 Å². The summed E-state index contributed by atoms with van der Waals surface area (Å²) in [5.74, 6) is 1.31. The van der Waals surface area contributed by atoms with Gasteiger partial charge in [0.05, 0.1) is 12.1 Å². The van der Waals surface area contributed by atoms with Gasteiger partial charge in [-0.3, -0.25) is 4.79 Å². The number of carbonyl (C=O) groups is 1. The van der Waals surface area contributed by atoms with Crippen molar-refractivity contribution in [2.75, 3.05) is 19.7 Å². The highest BCUT2D eigenvalue weighted by atomic mass is 35.5. The Labute approximate surface area is 179 Å². The first-order valence-corrected chi connectivity index (χ1v) is 10.3. The Kier molecular flexibility index (Phi) is 6.33. The number of carbonyl (C=O) groups excluding carboxylic acids is 1. The molecule has 1 aliphatic heterocycles. The highest BCUT2D eigenvalue weighted by Crippen LogP contribution is 2.27. The van der Waals surface area contributed by atoms with Gasteiger partial charge in [-0.1, -0.05) is 29.8 Å². The van der Waals surface area contributed by atoms with Crippen LogP contribution in [-0.4, -0.2) is 35.5 Å². The first-order chi connectivity index (χ1) is 14.6. The van der Waals surface area contributed by atoms with Crippen LogP contribution in [0.4, 0.5) is 4.39 Å². The number of rotatable bonds is 6. The Morgan fingerprint density at radius 1 is 1.27 bits per heavy atom. The molecule has 0 unspecified atom stereocenters. The molecule has 0 spiro atoms. The lowest BCUT2D eigenvalue weighted by molar-refractivity contribution is -0.134. The largest absolute Gasteiger partial charge is 0.484 e. The number of aromatic nitrogens is 1. The van der Waals surface area contributed by atoms with Crippen molar-refractivity contribution in [2.24, 2.45) is 0 Å². The Morgan fingerprint density at radius 2 is 2.10 bits per heavy atom. The third-order valence-electron chi connectivity index (χ3n) is 5.14. The average Bonchev–Trinajstić information content (AvgIpc) is 3.22. The van der Waals surface area contributed by atoms with E-state index in [0.29, 0.717) is 36.2 Å². The van der Waals surface area contributed by atoms with Gasteiger partial charge in [0.2, 0.25) is 0 Å². The zero-order chi connectivity index (χ0) is 20.9. The topological polar surface area (TPSA) is 55.6 Å². The number of piperidine rings is 1. The number of hydrogen-bond acceptors (Lipinski definition) is 4. The zero-order valence-corrected chi connectivity index (χ0v) is 17.1. The van der Waals surface area contributed by atoms with Crippen LogP contribution < -0.4 is 4.74 Å². The summed E-state index contributed by atoms with van der Waals surface area (Å²) in [6.45, 7) is 1.08. The van der Waals surface area contributed by atoms with Gasteiger partial charge in [0.25, 0.3) is 5.91 Å². The van der Waals surface area contributed by atoms with E-state index in [9.17, 15) is 9.18 Å². The normalized spacial score (nSPS) is 16.5. The van der Waals surface area contributed by atoms with E-state index in [1.54, 1.807) is 23.2 Å². The molecule has 0 aliphatic carbocycles. The highest BCUT2D eigenvalue weighted by Gasteiger charge is 2.28. The van der Waals surface area contributed by atoms with Crippen molar-refractivity contribution < 1.29 is 18.3 Å². The van der Waals surface area contributed by atoms with E-state index in [2.05, 4.69) is 4.98 Å². The summed E-state index contributed by atoms with van der Waals surface area (Å²) >= 11 is 5.93. The second-order valence-corrected chi connectivity index (χ2v) is 7.83. The van der Waals surface area contributed by atoms with Crippen molar-refractivity contribution in [1.82, 2.24) is 9.88 Å². The molecular formula is C23H22ClFN2O3. The van der Waals surface area contributed by atoms with Crippen LogP contribution >= 0.6 is 11.6 Å². The lowest BCUT2D eigenvalue weighted by atomic mass is 9.98. The number of benzene rings is 2. The van der Waals surface area contributed by atoms with Gasteiger partial charge >= 0.3 is 0 Å². The molecule has 0 bridgehead atoms. The fraction of sp³-hybridized carbons (Fsp3) is 0.304. The van der Waals surface area contributed by atoms with Crippen LogP contribution in [-0.2, 0) is 11.2 Å². The predicted molar refractivity (Wildman–Crippen MR) is 111 cm³/mol. The fourth-order valence-electron chi connectivity index (χ4n) is 3.59. The maximum absolute atomic E-state index is 13.2. The minimum absolute atomic E-state index is 0.0517. The molecule has 1 aromatic heterocycles. The number of nitrogens with zero attached hydrogens (tertiary/aromatic N) is 2. The Morgan fingerprint density at radius 3 is 2.90 bits per heavy atom. The SMILES string of the molecule is O=C(COc1cccc(F)c1)N1CCC[C@@H](c2ncc(Cc3ccc(Cl)cc3)o2)C1. The first kappa shape index (κ1) is 20.4. The summed E-state index contributed by atoms with van der Waals surface area (Å²) in [7, 11) is 0. The molecule has 4 rings (SSSR count). The van der Waals surface area contributed by atoms with Gasteiger partial charge in [-0.2, -0.15) is 0 Å². The Hall–Kier alpha value is -2.86. The number of hydrogen-bond donors (Lipinski definition) is 0. The van der Waals surface area contributed by atoms with E-state index in [1.807, 2.05) is 24.3 Å². The standard InChI is InChI=1S/C23H22ClFN2O3/c24-18-8-6-16(7-9-18)11-21-13-26-23(30-21)17-3-2-10-27(14-17)22(28)15-29-20-5-1-4-19(25)12-20/h1,4-9,12-13,17H,2-3,10-11,14-15H2/t17-/m1/s1. The summed E-state index contributed by atoms with van der Waals surface area (Å²) in [5.41, 5.74) is 1.09. The first-order valence-electron chi connectivity index (χ1n) is 9.92. The van der Waals surface area contributed by atoms with Gasteiger partial charge in [0.15, 0.2) is 12.5 Å². The van der Waals surface area contributed by atoms with Crippen LogP contribution in [0.2, 0.25) is 5.02 Å². The van der Waals surface area contributed by atoms with Crippen molar-refractivity contribution in [3.8, 4) is 5.75 Å². The Bertz CT molecular complexity index is 1010. The van der Waals surface area contributed by atoms with Crippen molar-refractivity contribution >= 4 is 17.5 Å². The molecule has 5 nitrogen and oxygen atoms in total. The van der Waals surface area contributed by atoms with Gasteiger partial charge in [-0.15, -0.1) is 0 Å². The van der Waals surface area contributed by atoms with E-state index in [0.717, 1.165) is 24.2 Å². The van der Waals surface area contributed by atoms with Crippen molar-refractivity contribution in [2.45, 2.75) is 25.2 Å². The van der Waals surface area contributed by atoms with Crippen molar-refractivity contribution in [1.29, 1.82) is 0 Å². The van der Waals surface area contributed by atoms with E-state index >= 15 is 0 Å². The summed E-state index contributed by atoms with van der Waals surface area (Å²) in [6.07, 6.45) is 4.17. The molecule has 2 aromatic carbocycles. The smallest absolute Gasteiger partial charge is 0.260 e. The highest BCUT2D eigenvalue weighted by molar-refractivity contribution is 6.30. The van der Waals surface area contributed by atoms with Crippen LogP contribution in [0.3, 0.4) is 0 Å². The van der Waals surface area contributed by atoms with Crippen molar-refractivity contribution in [3.63, 3.8) is 0 Å². The average molecular weight is 429 g/mol. The van der Waals surface area contributed by atoms with Gasteiger partial charge in [-0.25, -0.2) is 9.37 Å². The second-order valence-electron chi connectivity index (χ2n) is 7.39. The van der Waals surface area contributed by atoms with E-state index in [4.69, 9.17) is 20.8 Å². The molecule has 30 heavy (non-hydrogen) atoms. The molecule has 3 aromatic rings. The minimum Gasteiger partial charge on any atom is -0.484 e. The monoisotopic (exact) mass is 428 g/mol. The van der Waals surface area contributed by atoms with Crippen LogP contribution in [0.15, 0.2) is 59.1 Å². The summed E-state index contributed by atoms with van der Waals surface area (Å²) < 4.78 is 24.7. The number of halogens is 2. The van der Waals surface area contributed by atoms with E-state index in [-0.39, 0.29) is 18.4 Å². The molecule has 2 heterocycles. The van der Waals surface area contributed by atoms with E-state index < -0.39 is 5.82 Å². The molecule has 1 amide bonds. The molecule has 0 N–H and O–H groups in total. The second kappa shape index (κ2) is 9.30. The van der Waals surface area contributed by atoms with Crippen LogP contribution in [0, 0.1) is 5.82 Å². The molecule has 7 heteroatoms. The van der Waals surface area contributed by atoms with Gasteiger partial charge in [-0.05, 0) is 42.7 Å². The molecule has 156 valence electrons. The third kappa shape index (κ3) is 5.19. The maximum Gasteiger partial charge on any atom is 0.260 e. The molecule has 0 saturated carbocycles. The number of ether oxygens (including phenoxy) is 1. The van der Waals surface area contributed by atoms with Crippen LogP contribution in [0.25, 0.3) is 0 Å². The minimum atomic E-state index is -0.392. The Balaban J connectivity index is 1.33. The lowest BCUT2D eigenvalue weighted by Gasteiger charge is -2.31. The lowest BCUT2D eigenvalue weighted by Crippen LogP contribution is -2.41.